The van der Waals surface area contributed by atoms with Crippen molar-refractivity contribution >= 4 is 18.7 Å². The van der Waals surface area contributed by atoms with Crippen molar-refractivity contribution in [2.45, 2.75) is 25.8 Å². The SMILES string of the molecule is CNC1CCC(C)CN(S)C1=O. The van der Waals surface area contributed by atoms with Crippen LogP contribution in [0.5, 0.6) is 0 Å². The standard InChI is InChI=1S/C8H16N2OS/c1-6-3-4-7(9-2)8(11)10(12)5-6/h6-7,9,12H,3-5H2,1-2H3. The van der Waals surface area contributed by atoms with Gasteiger partial charge in [0.1, 0.15) is 0 Å². The molecule has 3 nitrogen and oxygen atoms in total. The molecule has 0 aromatic carbocycles. The number of hydrogen-bond acceptors (Lipinski definition) is 3. The van der Waals surface area contributed by atoms with Crippen molar-refractivity contribution in [1.29, 1.82) is 0 Å². The van der Waals surface area contributed by atoms with Gasteiger partial charge in [0, 0.05) is 6.54 Å². The molecule has 1 aliphatic rings. The van der Waals surface area contributed by atoms with E-state index in [1.807, 2.05) is 7.05 Å². The molecule has 4 heteroatoms. The molecule has 1 rings (SSSR count). The van der Waals surface area contributed by atoms with E-state index in [0.717, 1.165) is 19.4 Å². The first kappa shape index (κ1) is 9.86. The van der Waals surface area contributed by atoms with E-state index in [9.17, 15) is 4.79 Å². The molecule has 0 spiro atoms. The van der Waals surface area contributed by atoms with Crippen molar-refractivity contribution < 1.29 is 4.79 Å². The van der Waals surface area contributed by atoms with Crippen LogP contribution in [0.4, 0.5) is 0 Å². The molecule has 1 fully saturated rings. The van der Waals surface area contributed by atoms with Crippen LogP contribution in [0.2, 0.25) is 0 Å². The number of hydrogen-bond donors (Lipinski definition) is 2. The molecule has 0 saturated carbocycles. The lowest BCUT2D eigenvalue weighted by atomic mass is 10.0. The number of thiol groups is 1. The average Bonchev–Trinajstić information content (AvgIpc) is 2.14. The highest BCUT2D eigenvalue weighted by Gasteiger charge is 2.26. The van der Waals surface area contributed by atoms with Crippen LogP contribution >= 0.6 is 12.8 Å². The Hall–Kier alpha value is -0.220. The molecular formula is C8H16N2OS. The van der Waals surface area contributed by atoms with Gasteiger partial charge < -0.3 is 5.32 Å². The zero-order valence-electron chi connectivity index (χ0n) is 7.58. The number of likely N-dealkylation sites (N-methyl/N-ethyl adjacent to an activating group) is 1. The van der Waals surface area contributed by atoms with E-state index in [2.05, 4.69) is 25.1 Å². The summed E-state index contributed by atoms with van der Waals surface area (Å²) in [5.41, 5.74) is 0. The molecule has 0 aliphatic carbocycles. The molecule has 12 heavy (non-hydrogen) atoms. The van der Waals surface area contributed by atoms with Crippen molar-refractivity contribution in [2.75, 3.05) is 13.6 Å². The van der Waals surface area contributed by atoms with E-state index < -0.39 is 0 Å². The second kappa shape index (κ2) is 4.14. The highest BCUT2D eigenvalue weighted by atomic mass is 32.1. The summed E-state index contributed by atoms with van der Waals surface area (Å²) >= 11 is 4.14. The van der Waals surface area contributed by atoms with Gasteiger partial charge in [0.05, 0.1) is 6.04 Å². The Morgan fingerprint density at radius 2 is 2.25 bits per heavy atom. The topological polar surface area (TPSA) is 32.3 Å². The second-order valence-corrected chi connectivity index (χ2v) is 3.93. The minimum absolute atomic E-state index is 0.0348. The molecule has 0 aromatic heterocycles. The summed E-state index contributed by atoms with van der Waals surface area (Å²) in [5.74, 6) is 0.662. The van der Waals surface area contributed by atoms with Gasteiger partial charge in [-0.05, 0) is 25.8 Å². The molecule has 1 N–H and O–H groups in total. The van der Waals surface area contributed by atoms with Crippen molar-refractivity contribution in [3.8, 4) is 0 Å². The highest BCUT2D eigenvalue weighted by molar-refractivity contribution is 7.78. The predicted octanol–water partition coefficient (Wildman–Crippen LogP) is 0.678. The summed E-state index contributed by atoms with van der Waals surface area (Å²) in [4.78, 5) is 11.5. The molecular weight excluding hydrogens is 172 g/mol. The zero-order valence-corrected chi connectivity index (χ0v) is 8.47. The third kappa shape index (κ3) is 2.14. The number of carbonyl (C=O) groups is 1. The van der Waals surface area contributed by atoms with Crippen molar-refractivity contribution in [3.63, 3.8) is 0 Å². The molecule has 2 atom stereocenters. The van der Waals surface area contributed by atoms with E-state index in [-0.39, 0.29) is 11.9 Å². The number of carbonyl (C=O) groups excluding carboxylic acids is 1. The van der Waals surface area contributed by atoms with Gasteiger partial charge in [-0.25, -0.2) is 0 Å². The summed E-state index contributed by atoms with van der Waals surface area (Å²) in [6, 6.07) is -0.0348. The molecule has 1 heterocycles. The lowest BCUT2D eigenvalue weighted by Crippen LogP contribution is -2.40. The second-order valence-electron chi connectivity index (χ2n) is 3.44. The molecule has 2 unspecified atom stereocenters. The Kier molecular flexibility index (Phi) is 3.40. The zero-order chi connectivity index (χ0) is 9.14. The number of rotatable bonds is 1. The van der Waals surface area contributed by atoms with E-state index in [4.69, 9.17) is 0 Å². The van der Waals surface area contributed by atoms with Crippen LogP contribution in [0, 0.1) is 5.92 Å². The van der Waals surface area contributed by atoms with Gasteiger partial charge in [-0.15, -0.1) is 0 Å². The van der Waals surface area contributed by atoms with Crippen LogP contribution < -0.4 is 5.32 Å². The Morgan fingerprint density at radius 1 is 1.58 bits per heavy atom. The third-order valence-electron chi connectivity index (χ3n) is 2.33. The Morgan fingerprint density at radius 3 is 2.83 bits per heavy atom. The van der Waals surface area contributed by atoms with Gasteiger partial charge in [0.15, 0.2) is 0 Å². The summed E-state index contributed by atoms with van der Waals surface area (Å²) in [7, 11) is 1.82. The van der Waals surface area contributed by atoms with Crippen molar-refractivity contribution in [3.05, 3.63) is 0 Å². The smallest absolute Gasteiger partial charge is 0.249 e. The quantitative estimate of drug-likeness (QED) is 0.593. The van der Waals surface area contributed by atoms with E-state index >= 15 is 0 Å². The predicted molar refractivity (Wildman–Crippen MR) is 51.9 cm³/mol. The Bertz CT molecular complexity index is 174. The van der Waals surface area contributed by atoms with E-state index in [1.165, 1.54) is 4.31 Å². The van der Waals surface area contributed by atoms with E-state index in [0.29, 0.717) is 5.92 Å². The first-order valence-corrected chi connectivity index (χ1v) is 4.72. The average molecular weight is 188 g/mol. The van der Waals surface area contributed by atoms with Crippen molar-refractivity contribution in [2.24, 2.45) is 5.92 Å². The maximum absolute atomic E-state index is 11.5. The third-order valence-corrected chi connectivity index (χ3v) is 2.69. The highest BCUT2D eigenvalue weighted by Crippen LogP contribution is 2.17. The van der Waals surface area contributed by atoms with Crippen LogP contribution in [0.25, 0.3) is 0 Å². The molecule has 70 valence electrons. The summed E-state index contributed by atoms with van der Waals surface area (Å²) in [6.07, 6.45) is 2.02. The minimum atomic E-state index is -0.0348. The van der Waals surface area contributed by atoms with Gasteiger partial charge in [-0.2, -0.15) is 0 Å². The monoisotopic (exact) mass is 188 g/mol. The maximum atomic E-state index is 11.5. The number of nitrogens with one attached hydrogen (secondary N) is 1. The summed E-state index contributed by atoms with van der Waals surface area (Å²) in [6.45, 7) is 2.91. The first-order chi connectivity index (χ1) is 5.65. The molecule has 0 aromatic rings. The summed E-state index contributed by atoms with van der Waals surface area (Å²) in [5, 5.41) is 3.00. The van der Waals surface area contributed by atoms with E-state index in [1.54, 1.807) is 0 Å². The van der Waals surface area contributed by atoms with Gasteiger partial charge in [-0.1, -0.05) is 19.7 Å². The van der Waals surface area contributed by atoms with Gasteiger partial charge in [0.2, 0.25) is 5.91 Å². The lowest BCUT2D eigenvalue weighted by Gasteiger charge is -2.18. The van der Waals surface area contributed by atoms with Crippen LogP contribution in [0.15, 0.2) is 0 Å². The van der Waals surface area contributed by atoms with Gasteiger partial charge in [0.25, 0.3) is 0 Å². The fourth-order valence-corrected chi connectivity index (χ4v) is 1.92. The minimum Gasteiger partial charge on any atom is -0.309 e. The number of amides is 1. The summed E-state index contributed by atoms with van der Waals surface area (Å²) < 4.78 is 1.53. The van der Waals surface area contributed by atoms with Gasteiger partial charge in [-0.3, -0.25) is 9.10 Å². The Balaban J connectivity index is 2.63. The first-order valence-electron chi connectivity index (χ1n) is 4.32. The van der Waals surface area contributed by atoms with Crippen LogP contribution in [-0.4, -0.2) is 29.8 Å². The lowest BCUT2D eigenvalue weighted by molar-refractivity contribution is -0.127. The fraction of sp³-hybridized carbons (Fsp3) is 0.875. The molecule has 1 amide bonds. The van der Waals surface area contributed by atoms with Gasteiger partial charge >= 0.3 is 0 Å². The molecule has 0 radical (unpaired) electrons. The van der Waals surface area contributed by atoms with Crippen LogP contribution in [0.3, 0.4) is 0 Å². The Labute approximate surface area is 79.0 Å². The fourth-order valence-electron chi connectivity index (χ4n) is 1.50. The molecule has 1 saturated heterocycles. The molecule has 1 aliphatic heterocycles. The normalized spacial score (nSPS) is 31.9. The maximum Gasteiger partial charge on any atom is 0.249 e. The largest absolute Gasteiger partial charge is 0.309 e. The molecule has 0 bridgehead atoms. The van der Waals surface area contributed by atoms with Crippen LogP contribution in [-0.2, 0) is 4.79 Å². The number of nitrogens with zero attached hydrogens (tertiary/aromatic N) is 1. The van der Waals surface area contributed by atoms with Crippen LogP contribution in [0.1, 0.15) is 19.8 Å². The van der Waals surface area contributed by atoms with Crippen molar-refractivity contribution in [1.82, 2.24) is 9.62 Å².